The maximum absolute atomic E-state index is 13.3. The van der Waals surface area contributed by atoms with Gasteiger partial charge in [-0.15, -0.1) is 0 Å². The van der Waals surface area contributed by atoms with E-state index in [0.29, 0.717) is 36.8 Å². The van der Waals surface area contributed by atoms with Gasteiger partial charge >= 0.3 is 0 Å². The number of piperidine rings is 1. The third kappa shape index (κ3) is 4.32. The highest BCUT2D eigenvalue weighted by atomic mass is 35.5. The second-order valence-corrected chi connectivity index (χ2v) is 7.82. The van der Waals surface area contributed by atoms with Crippen LogP contribution >= 0.6 is 11.6 Å². The number of benzene rings is 2. The summed E-state index contributed by atoms with van der Waals surface area (Å²) in [7, 11) is 0. The molecule has 0 spiro atoms. The van der Waals surface area contributed by atoms with Crippen LogP contribution in [0.15, 0.2) is 47.0 Å². The van der Waals surface area contributed by atoms with E-state index in [4.69, 9.17) is 16.1 Å². The molecule has 2 aromatic carbocycles. The molecule has 0 aliphatic carbocycles. The van der Waals surface area contributed by atoms with Crippen LogP contribution in [0.4, 0.5) is 4.39 Å². The topological polar surface area (TPSA) is 59.2 Å². The van der Waals surface area contributed by atoms with E-state index >= 15 is 0 Å². The average Bonchev–Trinajstić information content (AvgIpc) is 3.16. The lowest BCUT2D eigenvalue weighted by Gasteiger charge is -2.32. The molecule has 1 aliphatic heterocycles. The van der Waals surface area contributed by atoms with Crippen LogP contribution in [0.25, 0.3) is 11.4 Å². The van der Waals surface area contributed by atoms with E-state index in [1.807, 2.05) is 31.2 Å². The molecule has 29 heavy (non-hydrogen) atoms. The van der Waals surface area contributed by atoms with Crippen LogP contribution in [0, 0.1) is 18.7 Å². The van der Waals surface area contributed by atoms with Gasteiger partial charge in [0.15, 0.2) is 0 Å². The maximum atomic E-state index is 13.3. The Morgan fingerprint density at radius 3 is 2.93 bits per heavy atom. The van der Waals surface area contributed by atoms with Gasteiger partial charge in [-0.3, -0.25) is 4.79 Å². The van der Waals surface area contributed by atoms with Crippen molar-refractivity contribution in [1.82, 2.24) is 15.0 Å². The molecule has 1 aromatic heterocycles. The van der Waals surface area contributed by atoms with E-state index in [0.717, 1.165) is 24.0 Å². The van der Waals surface area contributed by atoms with Gasteiger partial charge in [-0.2, -0.15) is 4.98 Å². The molecule has 0 radical (unpaired) electrons. The second kappa shape index (κ2) is 8.33. The Balaban J connectivity index is 1.44. The van der Waals surface area contributed by atoms with Crippen molar-refractivity contribution >= 4 is 17.5 Å². The summed E-state index contributed by atoms with van der Waals surface area (Å²) >= 11 is 6.06. The summed E-state index contributed by atoms with van der Waals surface area (Å²) in [4.78, 5) is 19.1. The second-order valence-electron chi connectivity index (χ2n) is 7.41. The molecule has 150 valence electrons. The van der Waals surface area contributed by atoms with Crippen LogP contribution in [-0.4, -0.2) is 34.0 Å². The molecule has 1 atom stereocenters. The van der Waals surface area contributed by atoms with Gasteiger partial charge in [-0.1, -0.05) is 41.0 Å². The van der Waals surface area contributed by atoms with Crippen molar-refractivity contribution in [2.45, 2.75) is 26.2 Å². The Kier molecular flexibility index (Phi) is 5.62. The minimum atomic E-state index is -0.455. The van der Waals surface area contributed by atoms with Crippen molar-refractivity contribution in [3.05, 3.63) is 70.3 Å². The SMILES string of the molecule is Cc1ccccc1-c1noc(CC2CCCN(C(=O)c3ccc(F)cc3Cl)C2)n1. The summed E-state index contributed by atoms with van der Waals surface area (Å²) in [5, 5.41) is 4.25. The van der Waals surface area contributed by atoms with Gasteiger partial charge < -0.3 is 9.42 Å². The summed E-state index contributed by atoms with van der Waals surface area (Å²) in [6.07, 6.45) is 2.47. The zero-order chi connectivity index (χ0) is 20.4. The molecule has 1 unspecified atom stereocenters. The lowest BCUT2D eigenvalue weighted by molar-refractivity contribution is 0.0668. The smallest absolute Gasteiger partial charge is 0.255 e. The summed E-state index contributed by atoms with van der Waals surface area (Å²) in [5.74, 6) is 0.745. The lowest BCUT2D eigenvalue weighted by atomic mass is 9.94. The first-order valence-corrected chi connectivity index (χ1v) is 10.0. The summed E-state index contributed by atoms with van der Waals surface area (Å²) in [5.41, 5.74) is 2.37. The predicted octanol–water partition coefficient (Wildman–Crippen LogP) is 4.93. The van der Waals surface area contributed by atoms with E-state index in [2.05, 4.69) is 10.1 Å². The molecule has 1 aliphatic rings. The van der Waals surface area contributed by atoms with E-state index < -0.39 is 5.82 Å². The molecule has 1 fully saturated rings. The van der Waals surface area contributed by atoms with Crippen LogP contribution in [-0.2, 0) is 6.42 Å². The Morgan fingerprint density at radius 2 is 2.14 bits per heavy atom. The first-order chi connectivity index (χ1) is 14.0. The number of carbonyl (C=O) groups is 1. The lowest BCUT2D eigenvalue weighted by Crippen LogP contribution is -2.40. The van der Waals surface area contributed by atoms with Crippen LogP contribution < -0.4 is 0 Å². The molecule has 1 saturated heterocycles. The largest absolute Gasteiger partial charge is 0.339 e. The minimum absolute atomic E-state index is 0.136. The summed E-state index contributed by atoms with van der Waals surface area (Å²) in [6, 6.07) is 11.8. The molecular formula is C22H21ClFN3O2. The van der Waals surface area contributed by atoms with Gasteiger partial charge in [0, 0.05) is 25.1 Å². The monoisotopic (exact) mass is 413 g/mol. The van der Waals surface area contributed by atoms with Gasteiger partial charge in [0.1, 0.15) is 5.82 Å². The number of halogens is 2. The number of rotatable bonds is 4. The van der Waals surface area contributed by atoms with Crippen LogP contribution in [0.5, 0.6) is 0 Å². The zero-order valence-corrected chi connectivity index (χ0v) is 16.8. The van der Waals surface area contributed by atoms with Gasteiger partial charge in [0.05, 0.1) is 10.6 Å². The van der Waals surface area contributed by atoms with E-state index in [1.165, 1.54) is 18.2 Å². The molecule has 1 amide bonds. The van der Waals surface area contributed by atoms with Crippen LogP contribution in [0.3, 0.4) is 0 Å². The van der Waals surface area contributed by atoms with Crippen LogP contribution in [0.1, 0.15) is 34.7 Å². The molecule has 0 N–H and O–H groups in total. The van der Waals surface area contributed by atoms with E-state index in [9.17, 15) is 9.18 Å². The number of hydrogen-bond donors (Lipinski definition) is 0. The number of aryl methyl sites for hydroxylation is 1. The molecule has 2 heterocycles. The fourth-order valence-electron chi connectivity index (χ4n) is 3.77. The summed E-state index contributed by atoms with van der Waals surface area (Å²) < 4.78 is 18.7. The van der Waals surface area contributed by atoms with Crippen molar-refractivity contribution in [3.8, 4) is 11.4 Å². The fourth-order valence-corrected chi connectivity index (χ4v) is 4.02. The molecular weight excluding hydrogens is 393 g/mol. The molecule has 7 heteroatoms. The predicted molar refractivity (Wildman–Crippen MR) is 108 cm³/mol. The number of likely N-dealkylation sites (tertiary alicyclic amines) is 1. The maximum Gasteiger partial charge on any atom is 0.255 e. The highest BCUT2D eigenvalue weighted by Gasteiger charge is 2.27. The van der Waals surface area contributed by atoms with Crippen molar-refractivity contribution in [2.24, 2.45) is 5.92 Å². The van der Waals surface area contributed by atoms with Gasteiger partial charge in [0.25, 0.3) is 5.91 Å². The highest BCUT2D eigenvalue weighted by Crippen LogP contribution is 2.26. The van der Waals surface area contributed by atoms with Crippen molar-refractivity contribution in [2.75, 3.05) is 13.1 Å². The summed E-state index contributed by atoms with van der Waals surface area (Å²) in [6.45, 7) is 3.24. The van der Waals surface area contributed by atoms with Gasteiger partial charge in [0.2, 0.25) is 11.7 Å². The number of nitrogens with zero attached hydrogens (tertiary/aromatic N) is 3. The van der Waals surface area contributed by atoms with Gasteiger partial charge in [-0.05, 0) is 49.4 Å². The minimum Gasteiger partial charge on any atom is -0.339 e. The standard InChI is InChI=1S/C22H21ClFN3O2/c1-14-5-2-3-7-17(14)21-25-20(29-26-21)11-15-6-4-10-27(13-15)22(28)18-9-8-16(24)12-19(18)23/h2-3,5,7-9,12,15H,4,6,10-11,13H2,1H3. The third-order valence-corrected chi connectivity index (χ3v) is 5.60. The zero-order valence-electron chi connectivity index (χ0n) is 16.1. The van der Waals surface area contributed by atoms with E-state index in [1.54, 1.807) is 4.90 Å². The van der Waals surface area contributed by atoms with Crippen molar-refractivity contribution < 1.29 is 13.7 Å². The number of aromatic nitrogens is 2. The van der Waals surface area contributed by atoms with Gasteiger partial charge in [-0.25, -0.2) is 4.39 Å². The molecule has 3 aromatic rings. The van der Waals surface area contributed by atoms with Crippen molar-refractivity contribution in [1.29, 1.82) is 0 Å². The first kappa shape index (κ1) is 19.6. The highest BCUT2D eigenvalue weighted by molar-refractivity contribution is 6.33. The number of amides is 1. The molecule has 0 saturated carbocycles. The van der Waals surface area contributed by atoms with Crippen molar-refractivity contribution in [3.63, 3.8) is 0 Å². The molecule has 5 nitrogen and oxygen atoms in total. The average molecular weight is 414 g/mol. The quantitative estimate of drug-likeness (QED) is 0.608. The Hall–Kier alpha value is -2.73. The fraction of sp³-hybridized carbons (Fsp3) is 0.318. The van der Waals surface area contributed by atoms with E-state index in [-0.39, 0.29) is 16.8 Å². The number of hydrogen-bond acceptors (Lipinski definition) is 4. The first-order valence-electron chi connectivity index (χ1n) is 9.64. The molecule has 0 bridgehead atoms. The Bertz CT molecular complexity index is 1040. The Morgan fingerprint density at radius 1 is 1.31 bits per heavy atom. The third-order valence-electron chi connectivity index (χ3n) is 5.29. The molecule has 4 rings (SSSR count). The number of carbonyl (C=O) groups excluding carboxylic acids is 1. The normalized spacial score (nSPS) is 16.8. The van der Waals surface area contributed by atoms with Crippen LogP contribution in [0.2, 0.25) is 5.02 Å². The Labute approximate surface area is 173 Å².